The lowest BCUT2D eigenvalue weighted by Gasteiger charge is -2.36. The van der Waals surface area contributed by atoms with Gasteiger partial charge in [0.25, 0.3) is 5.91 Å². The van der Waals surface area contributed by atoms with Gasteiger partial charge in [0.15, 0.2) is 6.61 Å². The number of hydrogen-bond acceptors (Lipinski definition) is 6. The second kappa shape index (κ2) is 10.3. The lowest BCUT2D eigenvalue weighted by molar-refractivity contribution is -0.118. The molecule has 1 saturated heterocycles. The van der Waals surface area contributed by atoms with E-state index in [2.05, 4.69) is 51.5 Å². The van der Waals surface area contributed by atoms with Crippen molar-refractivity contribution in [2.45, 2.75) is 0 Å². The zero-order valence-corrected chi connectivity index (χ0v) is 19.7. The molecule has 178 valence electrons. The van der Waals surface area contributed by atoms with Crippen LogP contribution in [0.25, 0.3) is 10.9 Å². The van der Waals surface area contributed by atoms with Crippen LogP contribution < -0.4 is 24.6 Å². The number of nitrogens with zero attached hydrogens (tertiary/aromatic N) is 3. The Labute approximate surface area is 204 Å². The molecule has 1 amide bonds. The van der Waals surface area contributed by atoms with Gasteiger partial charge >= 0.3 is 0 Å². The highest BCUT2D eigenvalue weighted by Crippen LogP contribution is 2.27. The maximum absolute atomic E-state index is 12.5. The lowest BCUT2D eigenvalue weighted by atomic mass is 10.2. The minimum absolute atomic E-state index is 0.113. The van der Waals surface area contributed by atoms with Crippen molar-refractivity contribution in [3.05, 3.63) is 84.9 Å². The maximum atomic E-state index is 12.5. The number of para-hydroxylation sites is 2. The van der Waals surface area contributed by atoms with Crippen LogP contribution in [0.5, 0.6) is 11.5 Å². The first kappa shape index (κ1) is 22.5. The highest BCUT2D eigenvalue weighted by Gasteiger charge is 2.19. The van der Waals surface area contributed by atoms with Crippen molar-refractivity contribution in [1.82, 2.24) is 4.98 Å². The molecular formula is C28H28N4O3. The topological polar surface area (TPSA) is 66.9 Å². The van der Waals surface area contributed by atoms with Gasteiger partial charge in [-0.15, -0.1) is 0 Å². The van der Waals surface area contributed by atoms with E-state index in [1.165, 1.54) is 5.69 Å². The fourth-order valence-electron chi connectivity index (χ4n) is 4.28. The molecule has 1 aromatic heterocycles. The summed E-state index contributed by atoms with van der Waals surface area (Å²) in [7, 11) is 1.59. The first-order chi connectivity index (χ1) is 17.2. The number of amides is 1. The smallest absolute Gasteiger partial charge is 0.262 e. The second-order valence-corrected chi connectivity index (χ2v) is 8.38. The quantitative estimate of drug-likeness (QED) is 0.428. The van der Waals surface area contributed by atoms with Crippen LogP contribution in [0.15, 0.2) is 84.9 Å². The number of rotatable bonds is 7. The molecule has 1 fully saturated rings. The number of anilines is 3. The van der Waals surface area contributed by atoms with E-state index in [1.54, 1.807) is 13.2 Å². The minimum atomic E-state index is -0.247. The van der Waals surface area contributed by atoms with Gasteiger partial charge in [-0.2, -0.15) is 0 Å². The summed E-state index contributed by atoms with van der Waals surface area (Å²) in [6.45, 7) is 3.54. The molecule has 0 aliphatic carbocycles. The van der Waals surface area contributed by atoms with Crippen LogP contribution in [0, 0.1) is 0 Å². The van der Waals surface area contributed by atoms with Crippen LogP contribution in [-0.4, -0.2) is 50.8 Å². The summed E-state index contributed by atoms with van der Waals surface area (Å²) in [6, 6.07) is 27.6. The van der Waals surface area contributed by atoms with Crippen LogP contribution in [0.1, 0.15) is 0 Å². The van der Waals surface area contributed by atoms with Crippen molar-refractivity contribution in [3.8, 4) is 11.5 Å². The van der Waals surface area contributed by atoms with Crippen LogP contribution >= 0.6 is 0 Å². The molecule has 35 heavy (non-hydrogen) atoms. The Balaban J connectivity index is 1.25. The third-order valence-corrected chi connectivity index (χ3v) is 6.11. The van der Waals surface area contributed by atoms with Gasteiger partial charge in [-0.1, -0.05) is 36.4 Å². The number of nitrogens with one attached hydrogen (secondary N) is 1. The summed E-state index contributed by atoms with van der Waals surface area (Å²) in [5.74, 6) is 1.94. The normalized spacial score (nSPS) is 13.5. The van der Waals surface area contributed by atoms with Gasteiger partial charge in [-0.05, 0) is 42.5 Å². The molecule has 1 aliphatic heterocycles. The van der Waals surface area contributed by atoms with Crippen LogP contribution in [-0.2, 0) is 4.79 Å². The molecule has 1 N–H and O–H groups in total. The van der Waals surface area contributed by atoms with E-state index in [9.17, 15) is 4.79 Å². The number of aromatic nitrogens is 1. The Morgan fingerprint density at radius 2 is 1.66 bits per heavy atom. The first-order valence-corrected chi connectivity index (χ1v) is 11.7. The number of benzene rings is 3. The summed E-state index contributed by atoms with van der Waals surface area (Å²) < 4.78 is 11.1. The Bertz CT molecular complexity index is 1300. The molecule has 7 heteroatoms. The Morgan fingerprint density at radius 1 is 0.886 bits per heavy atom. The summed E-state index contributed by atoms with van der Waals surface area (Å²) in [6.07, 6.45) is 0. The van der Waals surface area contributed by atoms with E-state index in [-0.39, 0.29) is 12.5 Å². The molecule has 0 unspecified atom stereocenters. The molecule has 7 nitrogen and oxygen atoms in total. The Hall–Kier alpha value is -4.26. The number of pyridine rings is 1. The van der Waals surface area contributed by atoms with Gasteiger partial charge in [0.2, 0.25) is 0 Å². The van der Waals surface area contributed by atoms with Gasteiger partial charge in [0.1, 0.15) is 22.8 Å². The molecule has 0 bridgehead atoms. The maximum Gasteiger partial charge on any atom is 0.262 e. The average Bonchev–Trinajstić information content (AvgIpc) is 2.92. The van der Waals surface area contributed by atoms with Crippen molar-refractivity contribution in [3.63, 3.8) is 0 Å². The zero-order chi connectivity index (χ0) is 24.0. The minimum Gasteiger partial charge on any atom is -0.497 e. The number of ether oxygens (including phenoxy) is 2. The van der Waals surface area contributed by atoms with Crippen molar-refractivity contribution < 1.29 is 14.3 Å². The van der Waals surface area contributed by atoms with Crippen molar-refractivity contribution in [2.75, 3.05) is 55.0 Å². The predicted molar refractivity (Wildman–Crippen MR) is 140 cm³/mol. The van der Waals surface area contributed by atoms with Crippen molar-refractivity contribution >= 4 is 34.0 Å². The molecule has 4 aromatic rings. The SMILES string of the molecule is COc1cccc(NC(=O)COc2cccc3ccc(N4CCN(c5ccccc5)CC4)nc23)c1. The molecule has 0 radical (unpaired) electrons. The molecule has 3 aromatic carbocycles. The Morgan fingerprint density at radius 3 is 2.46 bits per heavy atom. The molecule has 0 atom stereocenters. The standard InChI is InChI=1S/C28H28N4O3/c1-34-24-11-6-8-22(19-24)29-27(33)20-35-25-12-5-7-21-13-14-26(30-28(21)25)32-17-15-31(16-18-32)23-9-3-2-4-10-23/h2-14,19H,15-18,20H2,1H3,(H,29,33). The summed E-state index contributed by atoms with van der Waals surface area (Å²) in [4.78, 5) is 22.1. The third-order valence-electron chi connectivity index (χ3n) is 6.11. The van der Waals surface area contributed by atoms with E-state index in [1.807, 2.05) is 42.5 Å². The van der Waals surface area contributed by atoms with Gasteiger partial charge in [0, 0.05) is 49.0 Å². The van der Waals surface area contributed by atoms with Crippen molar-refractivity contribution in [1.29, 1.82) is 0 Å². The molecule has 0 saturated carbocycles. The molecule has 5 rings (SSSR count). The molecule has 0 spiro atoms. The van der Waals surface area contributed by atoms with E-state index < -0.39 is 0 Å². The van der Waals surface area contributed by atoms with Gasteiger partial charge in [-0.3, -0.25) is 4.79 Å². The number of fused-ring (bicyclic) bond motifs is 1. The van der Waals surface area contributed by atoms with Gasteiger partial charge in [-0.25, -0.2) is 4.98 Å². The third kappa shape index (κ3) is 5.30. The van der Waals surface area contributed by atoms with Crippen LogP contribution in [0.2, 0.25) is 0 Å². The number of carbonyl (C=O) groups is 1. The highest BCUT2D eigenvalue weighted by molar-refractivity contribution is 5.92. The lowest BCUT2D eigenvalue weighted by Crippen LogP contribution is -2.46. The first-order valence-electron chi connectivity index (χ1n) is 11.7. The highest BCUT2D eigenvalue weighted by atomic mass is 16.5. The van der Waals surface area contributed by atoms with E-state index in [0.29, 0.717) is 17.2 Å². The number of carbonyl (C=O) groups excluding carboxylic acids is 1. The summed E-state index contributed by atoms with van der Waals surface area (Å²) >= 11 is 0. The van der Waals surface area contributed by atoms with E-state index in [4.69, 9.17) is 14.5 Å². The van der Waals surface area contributed by atoms with E-state index in [0.717, 1.165) is 42.9 Å². The summed E-state index contributed by atoms with van der Waals surface area (Å²) in [5.41, 5.74) is 2.66. The molecule has 2 heterocycles. The van der Waals surface area contributed by atoms with Gasteiger partial charge < -0.3 is 24.6 Å². The molecular weight excluding hydrogens is 440 g/mol. The Kier molecular flexibility index (Phi) is 6.66. The van der Waals surface area contributed by atoms with Gasteiger partial charge in [0.05, 0.1) is 7.11 Å². The van der Waals surface area contributed by atoms with E-state index >= 15 is 0 Å². The number of piperazine rings is 1. The summed E-state index contributed by atoms with van der Waals surface area (Å²) in [5, 5.41) is 3.81. The largest absolute Gasteiger partial charge is 0.497 e. The zero-order valence-electron chi connectivity index (χ0n) is 19.7. The predicted octanol–water partition coefficient (Wildman–Crippen LogP) is 4.59. The fraction of sp³-hybridized carbons (Fsp3) is 0.214. The second-order valence-electron chi connectivity index (χ2n) is 8.38. The fourth-order valence-corrected chi connectivity index (χ4v) is 4.28. The number of methoxy groups -OCH3 is 1. The molecule has 1 aliphatic rings. The van der Waals surface area contributed by atoms with Crippen LogP contribution in [0.4, 0.5) is 17.2 Å². The van der Waals surface area contributed by atoms with Crippen molar-refractivity contribution in [2.24, 2.45) is 0 Å². The average molecular weight is 469 g/mol. The number of hydrogen-bond donors (Lipinski definition) is 1. The van der Waals surface area contributed by atoms with Crippen LogP contribution in [0.3, 0.4) is 0 Å². The monoisotopic (exact) mass is 468 g/mol.